The molecule has 2 aromatic carbocycles. The first-order valence-corrected chi connectivity index (χ1v) is 6.86. The maximum atomic E-state index is 5.77. The van der Waals surface area contributed by atoms with Gasteiger partial charge in [-0.2, -0.15) is 5.10 Å². The molecule has 2 aromatic rings. The topological polar surface area (TPSA) is 59.6 Å². The van der Waals surface area contributed by atoms with Crippen LogP contribution < -0.4 is 15.9 Å². The summed E-state index contributed by atoms with van der Waals surface area (Å²) in [6, 6.07) is 12.1. The summed E-state index contributed by atoms with van der Waals surface area (Å²) < 4.78 is 5.77. The van der Waals surface area contributed by atoms with Crippen molar-refractivity contribution in [2.45, 2.75) is 13.3 Å². The van der Waals surface area contributed by atoms with Crippen LogP contribution in [0.1, 0.15) is 18.9 Å². The first-order chi connectivity index (χ1) is 9.72. The zero-order valence-corrected chi connectivity index (χ0v) is 12.1. The number of hydrogen-bond donors (Lipinski definition) is 2. The lowest BCUT2D eigenvalue weighted by molar-refractivity contribution is 0.317. The number of rotatable bonds is 5. The van der Waals surface area contributed by atoms with Crippen LogP contribution in [0.15, 0.2) is 41.5 Å². The summed E-state index contributed by atoms with van der Waals surface area (Å²) in [6.45, 7) is 2.74. The van der Waals surface area contributed by atoms with Crippen LogP contribution in [0.5, 0.6) is 5.75 Å². The van der Waals surface area contributed by atoms with E-state index in [1.54, 1.807) is 6.21 Å². The summed E-state index contributed by atoms with van der Waals surface area (Å²) in [5.74, 6) is 0.805. The molecule has 0 fully saturated rings. The molecule has 0 atom stereocenters. The van der Waals surface area contributed by atoms with Gasteiger partial charge in [-0.05, 0) is 35.5 Å². The molecular formula is C15H17N3OS. The van der Waals surface area contributed by atoms with Crippen molar-refractivity contribution in [2.24, 2.45) is 10.8 Å². The third-order valence-electron chi connectivity index (χ3n) is 2.76. The smallest absolute Gasteiger partial charge is 0.184 e. The molecular weight excluding hydrogens is 270 g/mol. The molecule has 2 rings (SSSR count). The van der Waals surface area contributed by atoms with E-state index in [0.717, 1.165) is 28.5 Å². The highest BCUT2D eigenvalue weighted by Gasteiger charge is 2.06. The lowest BCUT2D eigenvalue weighted by Crippen LogP contribution is -2.24. The number of nitrogens with zero attached hydrogens (tertiary/aromatic N) is 1. The Bertz CT molecular complexity index is 640. The third-order valence-corrected chi connectivity index (χ3v) is 2.85. The summed E-state index contributed by atoms with van der Waals surface area (Å²) in [5.41, 5.74) is 8.84. The van der Waals surface area contributed by atoms with Gasteiger partial charge in [0.05, 0.1) is 12.8 Å². The number of nitrogens with one attached hydrogen (secondary N) is 1. The largest absolute Gasteiger partial charge is 0.493 e. The number of thiocarbonyl (C=S) groups is 1. The minimum atomic E-state index is 0.137. The lowest BCUT2D eigenvalue weighted by Gasteiger charge is -2.11. The van der Waals surface area contributed by atoms with Crippen molar-refractivity contribution >= 4 is 34.3 Å². The van der Waals surface area contributed by atoms with E-state index < -0.39 is 0 Å². The Morgan fingerprint density at radius 2 is 2.15 bits per heavy atom. The minimum absolute atomic E-state index is 0.137. The van der Waals surface area contributed by atoms with E-state index in [0.29, 0.717) is 6.61 Å². The van der Waals surface area contributed by atoms with Gasteiger partial charge >= 0.3 is 0 Å². The van der Waals surface area contributed by atoms with E-state index in [2.05, 4.69) is 23.5 Å². The lowest BCUT2D eigenvalue weighted by atomic mass is 10.0. The predicted octanol–water partition coefficient (Wildman–Crippen LogP) is 2.80. The number of hydrogen-bond acceptors (Lipinski definition) is 3. The normalized spacial score (nSPS) is 10.8. The van der Waals surface area contributed by atoms with Crippen molar-refractivity contribution in [1.82, 2.24) is 5.43 Å². The Labute approximate surface area is 123 Å². The molecule has 0 aliphatic carbocycles. The Morgan fingerprint density at radius 3 is 2.90 bits per heavy atom. The van der Waals surface area contributed by atoms with Crippen molar-refractivity contribution in [3.05, 3.63) is 42.0 Å². The van der Waals surface area contributed by atoms with Crippen LogP contribution in [0.3, 0.4) is 0 Å². The Kier molecular flexibility index (Phi) is 4.90. The molecule has 4 nitrogen and oxygen atoms in total. The van der Waals surface area contributed by atoms with Crippen molar-refractivity contribution in [1.29, 1.82) is 0 Å². The summed E-state index contributed by atoms with van der Waals surface area (Å²) in [5, 5.41) is 6.39. The number of nitrogens with two attached hydrogens (primary N) is 1. The maximum absolute atomic E-state index is 5.77. The van der Waals surface area contributed by atoms with Gasteiger partial charge in [0, 0.05) is 5.56 Å². The van der Waals surface area contributed by atoms with Gasteiger partial charge in [0.1, 0.15) is 5.75 Å². The molecule has 0 saturated carbocycles. The van der Waals surface area contributed by atoms with Crippen LogP contribution >= 0.6 is 12.2 Å². The molecule has 0 bridgehead atoms. The maximum Gasteiger partial charge on any atom is 0.184 e. The van der Waals surface area contributed by atoms with E-state index in [-0.39, 0.29) is 5.11 Å². The molecule has 104 valence electrons. The van der Waals surface area contributed by atoms with E-state index in [4.69, 9.17) is 22.7 Å². The summed E-state index contributed by atoms with van der Waals surface area (Å²) >= 11 is 4.73. The third kappa shape index (κ3) is 3.45. The molecule has 0 spiro atoms. The second kappa shape index (κ2) is 6.86. The Balaban J connectivity index is 2.43. The highest BCUT2D eigenvalue weighted by atomic mass is 32.1. The molecule has 0 amide bonds. The number of hydrazone groups is 1. The van der Waals surface area contributed by atoms with Gasteiger partial charge in [-0.1, -0.05) is 37.3 Å². The highest BCUT2D eigenvalue weighted by molar-refractivity contribution is 7.80. The van der Waals surface area contributed by atoms with Crippen molar-refractivity contribution < 1.29 is 4.74 Å². The average Bonchev–Trinajstić information content (AvgIpc) is 2.45. The van der Waals surface area contributed by atoms with Crippen molar-refractivity contribution in [2.75, 3.05) is 6.61 Å². The van der Waals surface area contributed by atoms with Gasteiger partial charge < -0.3 is 10.5 Å². The fourth-order valence-electron chi connectivity index (χ4n) is 1.91. The molecule has 0 aromatic heterocycles. The van der Waals surface area contributed by atoms with Gasteiger partial charge in [-0.3, -0.25) is 5.43 Å². The summed E-state index contributed by atoms with van der Waals surface area (Å²) in [7, 11) is 0. The predicted molar refractivity (Wildman–Crippen MR) is 87.2 cm³/mol. The average molecular weight is 287 g/mol. The number of ether oxygens (including phenoxy) is 1. The van der Waals surface area contributed by atoms with Gasteiger partial charge in [0.25, 0.3) is 0 Å². The van der Waals surface area contributed by atoms with Gasteiger partial charge in [0.2, 0.25) is 0 Å². The number of benzene rings is 2. The fraction of sp³-hybridized carbons (Fsp3) is 0.200. The molecule has 0 saturated heterocycles. The van der Waals surface area contributed by atoms with E-state index >= 15 is 0 Å². The zero-order chi connectivity index (χ0) is 14.4. The molecule has 0 aliphatic heterocycles. The molecule has 0 heterocycles. The molecule has 3 N–H and O–H groups in total. The van der Waals surface area contributed by atoms with E-state index in [9.17, 15) is 0 Å². The monoisotopic (exact) mass is 287 g/mol. The molecule has 20 heavy (non-hydrogen) atoms. The summed E-state index contributed by atoms with van der Waals surface area (Å²) in [6.07, 6.45) is 2.64. The van der Waals surface area contributed by atoms with E-state index in [1.807, 2.05) is 30.3 Å². The zero-order valence-electron chi connectivity index (χ0n) is 11.3. The molecule has 5 heteroatoms. The summed E-state index contributed by atoms with van der Waals surface area (Å²) in [4.78, 5) is 0. The Hall–Kier alpha value is -2.14. The van der Waals surface area contributed by atoms with Crippen LogP contribution in [0.2, 0.25) is 0 Å². The second-order valence-corrected chi connectivity index (χ2v) is 4.72. The fourth-order valence-corrected chi connectivity index (χ4v) is 1.96. The quantitative estimate of drug-likeness (QED) is 0.504. The number of fused-ring (bicyclic) bond motifs is 1. The van der Waals surface area contributed by atoms with Crippen LogP contribution in [0.25, 0.3) is 10.8 Å². The van der Waals surface area contributed by atoms with Crippen molar-refractivity contribution in [3.63, 3.8) is 0 Å². The molecule has 0 radical (unpaired) electrons. The molecule has 0 unspecified atom stereocenters. The standard InChI is InChI=1S/C15H17N3OS/c1-2-9-19-14-8-7-11-5-3-4-6-12(11)13(14)10-17-18-15(16)20/h3-8,10H,2,9H2,1H3,(H3,16,18,20)/b17-10-. The van der Waals surface area contributed by atoms with Crippen molar-refractivity contribution in [3.8, 4) is 5.75 Å². The second-order valence-electron chi connectivity index (χ2n) is 4.28. The van der Waals surface area contributed by atoms with Gasteiger partial charge in [-0.25, -0.2) is 0 Å². The first kappa shape index (κ1) is 14.3. The van der Waals surface area contributed by atoms with Crippen LogP contribution in [-0.2, 0) is 0 Å². The van der Waals surface area contributed by atoms with Gasteiger partial charge in [-0.15, -0.1) is 0 Å². The molecule has 0 aliphatic rings. The first-order valence-electron chi connectivity index (χ1n) is 6.45. The van der Waals surface area contributed by atoms with Crippen LogP contribution in [0.4, 0.5) is 0 Å². The Morgan fingerprint density at radius 1 is 1.35 bits per heavy atom. The van der Waals surface area contributed by atoms with E-state index in [1.165, 1.54) is 0 Å². The van der Waals surface area contributed by atoms with Crippen LogP contribution in [-0.4, -0.2) is 17.9 Å². The van der Waals surface area contributed by atoms with Crippen LogP contribution in [0, 0.1) is 0 Å². The SMILES string of the molecule is CCCOc1ccc2ccccc2c1/C=N\NC(N)=S. The minimum Gasteiger partial charge on any atom is -0.493 e. The highest BCUT2D eigenvalue weighted by Crippen LogP contribution is 2.26. The van der Waals surface area contributed by atoms with Gasteiger partial charge in [0.15, 0.2) is 5.11 Å².